The van der Waals surface area contributed by atoms with Gasteiger partial charge in [-0.2, -0.15) is 0 Å². The predicted molar refractivity (Wildman–Crippen MR) is 75.2 cm³/mol. The van der Waals surface area contributed by atoms with Gasteiger partial charge in [-0.15, -0.1) is 0 Å². The zero-order chi connectivity index (χ0) is 14.5. The summed E-state index contributed by atoms with van der Waals surface area (Å²) in [6.45, 7) is 6.49. The van der Waals surface area contributed by atoms with Gasteiger partial charge in [0.05, 0.1) is 10.5 Å². The molecule has 1 aromatic carbocycles. The average Bonchev–Trinajstić information content (AvgIpc) is 2.37. The number of sulfonamides is 1. The van der Waals surface area contributed by atoms with Crippen LogP contribution in [0.4, 0.5) is 0 Å². The molecule has 19 heavy (non-hydrogen) atoms. The van der Waals surface area contributed by atoms with Crippen molar-refractivity contribution in [3.8, 4) is 0 Å². The molecule has 0 aromatic heterocycles. The number of hydrogen-bond donors (Lipinski definition) is 2. The van der Waals surface area contributed by atoms with Crippen LogP contribution >= 0.6 is 0 Å². The van der Waals surface area contributed by atoms with Crippen molar-refractivity contribution in [2.75, 3.05) is 13.2 Å². The predicted octanol–water partition coefficient (Wildman–Crippen LogP) is 1.24. The molecule has 0 aliphatic carbocycles. The van der Waals surface area contributed by atoms with Gasteiger partial charge in [0, 0.05) is 19.7 Å². The Morgan fingerprint density at radius 2 is 1.95 bits per heavy atom. The van der Waals surface area contributed by atoms with Crippen LogP contribution in [0.15, 0.2) is 29.2 Å². The van der Waals surface area contributed by atoms with Gasteiger partial charge < -0.3 is 10.5 Å². The fraction of sp³-hybridized carbons (Fsp3) is 0.538. The molecule has 0 aliphatic rings. The molecule has 3 N–H and O–H groups in total. The van der Waals surface area contributed by atoms with Crippen LogP contribution in [-0.4, -0.2) is 27.2 Å². The topological polar surface area (TPSA) is 81.4 Å². The van der Waals surface area contributed by atoms with Crippen molar-refractivity contribution in [1.29, 1.82) is 0 Å². The SMILES string of the molecule is CCOC(C)(C)CNS(=O)(=O)c1ccccc1CN. The number of nitrogens with two attached hydrogens (primary N) is 1. The standard InChI is InChI=1S/C13H22N2O3S/c1-4-18-13(2,3)10-15-19(16,17)12-8-6-5-7-11(12)9-14/h5-8,15H,4,9-10,14H2,1-3H3. The first kappa shape index (κ1) is 16.1. The second-order valence-corrected chi connectivity index (χ2v) is 6.56. The lowest BCUT2D eigenvalue weighted by Gasteiger charge is -2.25. The fourth-order valence-corrected chi connectivity index (χ4v) is 3.17. The summed E-state index contributed by atoms with van der Waals surface area (Å²) in [5.74, 6) is 0. The van der Waals surface area contributed by atoms with E-state index in [2.05, 4.69) is 4.72 Å². The number of ether oxygens (including phenoxy) is 1. The van der Waals surface area contributed by atoms with Crippen LogP contribution < -0.4 is 10.5 Å². The van der Waals surface area contributed by atoms with Crippen LogP contribution in [0.2, 0.25) is 0 Å². The molecule has 0 fully saturated rings. The monoisotopic (exact) mass is 286 g/mol. The highest BCUT2D eigenvalue weighted by molar-refractivity contribution is 7.89. The Labute approximate surface area is 115 Å². The molecule has 0 aliphatic heterocycles. The van der Waals surface area contributed by atoms with Crippen LogP contribution in [0.25, 0.3) is 0 Å². The molecule has 0 bridgehead atoms. The Morgan fingerprint density at radius 1 is 1.32 bits per heavy atom. The molecule has 0 unspecified atom stereocenters. The van der Waals surface area contributed by atoms with Crippen LogP contribution in [0, 0.1) is 0 Å². The normalized spacial score (nSPS) is 12.6. The zero-order valence-corrected chi connectivity index (χ0v) is 12.5. The van der Waals surface area contributed by atoms with E-state index < -0.39 is 15.6 Å². The van der Waals surface area contributed by atoms with Crippen molar-refractivity contribution in [3.05, 3.63) is 29.8 Å². The van der Waals surface area contributed by atoms with Crippen molar-refractivity contribution in [2.45, 2.75) is 37.8 Å². The molecule has 0 atom stereocenters. The largest absolute Gasteiger partial charge is 0.375 e. The molecule has 1 rings (SSSR count). The molecular weight excluding hydrogens is 264 g/mol. The van der Waals surface area contributed by atoms with E-state index in [1.807, 2.05) is 20.8 Å². The first-order chi connectivity index (χ1) is 8.82. The van der Waals surface area contributed by atoms with E-state index in [0.717, 1.165) is 0 Å². The van der Waals surface area contributed by atoms with E-state index >= 15 is 0 Å². The lowest BCUT2D eigenvalue weighted by molar-refractivity contribution is -0.00515. The van der Waals surface area contributed by atoms with E-state index in [-0.39, 0.29) is 18.0 Å². The van der Waals surface area contributed by atoms with Crippen molar-refractivity contribution in [2.24, 2.45) is 5.73 Å². The molecule has 0 radical (unpaired) electrons. The summed E-state index contributed by atoms with van der Waals surface area (Å²) in [6.07, 6.45) is 0. The van der Waals surface area contributed by atoms with Gasteiger partial charge in [-0.25, -0.2) is 13.1 Å². The Balaban J connectivity index is 2.87. The lowest BCUT2D eigenvalue weighted by Crippen LogP contribution is -2.40. The third-order valence-electron chi connectivity index (χ3n) is 2.71. The van der Waals surface area contributed by atoms with Gasteiger partial charge in [-0.1, -0.05) is 18.2 Å². The number of rotatable bonds is 7. The molecule has 0 amide bonds. The summed E-state index contributed by atoms with van der Waals surface area (Å²) in [6, 6.07) is 6.72. The highest BCUT2D eigenvalue weighted by atomic mass is 32.2. The Morgan fingerprint density at radius 3 is 2.53 bits per heavy atom. The highest BCUT2D eigenvalue weighted by Crippen LogP contribution is 2.16. The summed E-state index contributed by atoms with van der Waals surface area (Å²) in [5.41, 5.74) is 5.62. The maximum Gasteiger partial charge on any atom is 0.240 e. The summed E-state index contributed by atoms with van der Waals surface area (Å²) < 4.78 is 32.5. The molecule has 0 heterocycles. The average molecular weight is 286 g/mol. The summed E-state index contributed by atoms with van der Waals surface area (Å²) in [4.78, 5) is 0.227. The minimum Gasteiger partial charge on any atom is -0.375 e. The summed E-state index contributed by atoms with van der Waals surface area (Å²) in [5, 5.41) is 0. The second-order valence-electron chi connectivity index (χ2n) is 4.83. The van der Waals surface area contributed by atoms with Gasteiger partial charge in [-0.05, 0) is 32.4 Å². The molecule has 108 valence electrons. The van der Waals surface area contributed by atoms with E-state index in [4.69, 9.17) is 10.5 Å². The maximum absolute atomic E-state index is 12.2. The van der Waals surface area contributed by atoms with Gasteiger partial charge in [0.15, 0.2) is 0 Å². The van der Waals surface area contributed by atoms with Crippen LogP contribution in [-0.2, 0) is 21.3 Å². The van der Waals surface area contributed by atoms with E-state index in [1.54, 1.807) is 24.3 Å². The van der Waals surface area contributed by atoms with Gasteiger partial charge >= 0.3 is 0 Å². The molecule has 5 nitrogen and oxygen atoms in total. The van der Waals surface area contributed by atoms with Gasteiger partial charge in [0.2, 0.25) is 10.0 Å². The molecular formula is C13H22N2O3S. The smallest absolute Gasteiger partial charge is 0.240 e. The van der Waals surface area contributed by atoms with E-state index in [0.29, 0.717) is 12.2 Å². The van der Waals surface area contributed by atoms with Crippen molar-refractivity contribution in [3.63, 3.8) is 0 Å². The first-order valence-electron chi connectivity index (χ1n) is 6.24. The van der Waals surface area contributed by atoms with Crippen molar-refractivity contribution in [1.82, 2.24) is 4.72 Å². The minimum atomic E-state index is -3.56. The Kier molecular flexibility index (Phi) is 5.49. The van der Waals surface area contributed by atoms with E-state index in [1.165, 1.54) is 0 Å². The molecule has 6 heteroatoms. The Hall–Kier alpha value is -0.950. The minimum absolute atomic E-state index is 0.186. The van der Waals surface area contributed by atoms with Gasteiger partial charge in [0.25, 0.3) is 0 Å². The summed E-state index contributed by atoms with van der Waals surface area (Å²) >= 11 is 0. The third kappa shape index (κ3) is 4.58. The van der Waals surface area contributed by atoms with Gasteiger partial charge in [0.1, 0.15) is 0 Å². The summed E-state index contributed by atoms with van der Waals surface area (Å²) in [7, 11) is -3.56. The molecule has 1 aromatic rings. The van der Waals surface area contributed by atoms with E-state index in [9.17, 15) is 8.42 Å². The number of benzene rings is 1. The van der Waals surface area contributed by atoms with Crippen LogP contribution in [0.3, 0.4) is 0 Å². The highest BCUT2D eigenvalue weighted by Gasteiger charge is 2.23. The zero-order valence-electron chi connectivity index (χ0n) is 11.6. The van der Waals surface area contributed by atoms with Crippen LogP contribution in [0.1, 0.15) is 26.3 Å². The lowest BCUT2D eigenvalue weighted by atomic mass is 10.1. The Bertz CT molecular complexity index is 512. The molecule has 0 spiro atoms. The second kappa shape index (κ2) is 6.47. The quantitative estimate of drug-likeness (QED) is 0.790. The first-order valence-corrected chi connectivity index (χ1v) is 7.72. The number of hydrogen-bond acceptors (Lipinski definition) is 4. The maximum atomic E-state index is 12.2. The van der Waals surface area contributed by atoms with Crippen molar-refractivity contribution >= 4 is 10.0 Å². The van der Waals surface area contributed by atoms with Gasteiger partial charge in [-0.3, -0.25) is 0 Å². The molecule has 0 saturated heterocycles. The fourth-order valence-electron chi connectivity index (χ4n) is 1.72. The third-order valence-corrected chi connectivity index (χ3v) is 4.21. The van der Waals surface area contributed by atoms with Crippen molar-refractivity contribution < 1.29 is 13.2 Å². The molecule has 0 saturated carbocycles. The number of nitrogens with one attached hydrogen (secondary N) is 1. The van der Waals surface area contributed by atoms with Crippen LogP contribution in [0.5, 0.6) is 0 Å².